The van der Waals surface area contributed by atoms with E-state index in [0.29, 0.717) is 32.5 Å². The van der Waals surface area contributed by atoms with Crippen molar-refractivity contribution in [3.8, 4) is 11.3 Å². The molecule has 0 aliphatic carbocycles. The number of amides is 1. The number of piperidine rings is 1. The van der Waals surface area contributed by atoms with E-state index < -0.39 is 5.82 Å². The van der Waals surface area contributed by atoms with Crippen molar-refractivity contribution in [3.05, 3.63) is 83.1 Å². The highest BCUT2D eigenvalue weighted by Gasteiger charge is 2.26. The molecule has 4 aromatic rings. The third-order valence-electron chi connectivity index (χ3n) is 6.13. The van der Waals surface area contributed by atoms with Gasteiger partial charge >= 0.3 is 0 Å². The van der Waals surface area contributed by atoms with Crippen molar-refractivity contribution in [3.63, 3.8) is 0 Å². The molecule has 34 heavy (non-hydrogen) atoms. The number of anilines is 1. The van der Waals surface area contributed by atoms with E-state index in [2.05, 4.69) is 20.3 Å². The third kappa shape index (κ3) is 4.59. The molecule has 0 atom stereocenters. The van der Waals surface area contributed by atoms with Crippen LogP contribution in [-0.4, -0.2) is 33.6 Å². The molecule has 2 aromatic heterocycles. The average molecular weight is 482 g/mol. The Bertz CT molecular complexity index is 1330. The smallest absolute Gasteiger partial charge is 0.223 e. The summed E-state index contributed by atoms with van der Waals surface area (Å²) in [4.78, 5) is 19.4. The summed E-state index contributed by atoms with van der Waals surface area (Å²) in [5, 5.41) is 7.58. The molecular weight excluding hydrogens is 460 g/mol. The summed E-state index contributed by atoms with van der Waals surface area (Å²) in [6.07, 6.45) is 4.87. The van der Waals surface area contributed by atoms with Gasteiger partial charge in [-0.05, 0) is 60.9 Å². The molecule has 1 aliphatic rings. The number of rotatable bonds is 5. The van der Waals surface area contributed by atoms with Crippen molar-refractivity contribution >= 4 is 28.8 Å². The van der Waals surface area contributed by atoms with E-state index in [4.69, 9.17) is 11.6 Å². The Morgan fingerprint density at radius 1 is 1.09 bits per heavy atom. The first kappa shape index (κ1) is 22.3. The second kappa shape index (κ2) is 9.38. The maximum atomic E-state index is 13.3. The lowest BCUT2D eigenvalue weighted by atomic mass is 9.95. The predicted molar refractivity (Wildman–Crippen MR) is 127 cm³/mol. The monoisotopic (exact) mass is 481 g/mol. The summed E-state index contributed by atoms with van der Waals surface area (Å²) >= 11 is 5.82. The second-order valence-corrected chi connectivity index (χ2v) is 8.75. The van der Waals surface area contributed by atoms with Crippen LogP contribution in [0.5, 0.6) is 0 Å². The summed E-state index contributed by atoms with van der Waals surface area (Å²) in [7, 11) is 0. The number of fused-ring (bicyclic) bond motifs is 1. The summed E-state index contributed by atoms with van der Waals surface area (Å²) in [6, 6.07) is 12.6. The van der Waals surface area contributed by atoms with E-state index in [1.54, 1.807) is 35.1 Å². The minimum atomic E-state index is -0.476. The number of carbonyl (C=O) groups is 1. The van der Waals surface area contributed by atoms with Crippen LogP contribution in [0, 0.1) is 17.6 Å². The largest absolute Gasteiger partial charge is 0.355 e. The molecule has 2 aromatic carbocycles. The molecule has 0 spiro atoms. The molecule has 1 amide bonds. The van der Waals surface area contributed by atoms with E-state index in [1.807, 2.05) is 6.07 Å². The molecule has 174 valence electrons. The van der Waals surface area contributed by atoms with Crippen LogP contribution in [0.4, 0.5) is 14.6 Å². The third-order valence-corrected chi connectivity index (χ3v) is 6.42. The quantitative estimate of drug-likeness (QED) is 0.442. The Kier molecular flexibility index (Phi) is 6.15. The van der Waals surface area contributed by atoms with Crippen LogP contribution in [-0.2, 0) is 11.3 Å². The molecule has 0 bridgehead atoms. The standard InChI is InChI=1S/C25H22ClF2N5O/c26-20-13-16(1-6-21(20)28)15-30-25(34)18-7-10-32(11-8-18)24-23-14-22(31-33(23)12-9-29-24)17-2-4-19(27)5-3-17/h1-6,9,12-14,18H,7-8,10-11,15H2,(H,30,34). The molecule has 3 heterocycles. The molecular formula is C25H22ClF2N5O. The van der Waals surface area contributed by atoms with Gasteiger partial charge < -0.3 is 10.2 Å². The fraction of sp³-hybridized carbons (Fsp3) is 0.240. The number of benzene rings is 2. The van der Waals surface area contributed by atoms with Gasteiger partial charge in [0.1, 0.15) is 17.2 Å². The van der Waals surface area contributed by atoms with Gasteiger partial charge in [-0.15, -0.1) is 0 Å². The number of hydrogen-bond donors (Lipinski definition) is 1. The zero-order valence-electron chi connectivity index (χ0n) is 18.2. The molecule has 5 rings (SSSR count). The van der Waals surface area contributed by atoms with E-state index in [9.17, 15) is 13.6 Å². The van der Waals surface area contributed by atoms with Crippen molar-refractivity contribution in [2.45, 2.75) is 19.4 Å². The Morgan fingerprint density at radius 2 is 1.85 bits per heavy atom. The Balaban J connectivity index is 1.24. The van der Waals surface area contributed by atoms with Crippen LogP contribution in [0.1, 0.15) is 18.4 Å². The van der Waals surface area contributed by atoms with Gasteiger partial charge in [0, 0.05) is 43.5 Å². The Morgan fingerprint density at radius 3 is 2.59 bits per heavy atom. The summed E-state index contributed by atoms with van der Waals surface area (Å²) in [5.74, 6) is -0.0806. The minimum Gasteiger partial charge on any atom is -0.355 e. The van der Waals surface area contributed by atoms with E-state index in [-0.39, 0.29) is 22.7 Å². The molecule has 1 aliphatic heterocycles. The highest BCUT2D eigenvalue weighted by molar-refractivity contribution is 6.30. The van der Waals surface area contributed by atoms with Gasteiger partial charge in [0.05, 0.1) is 10.7 Å². The number of nitrogens with one attached hydrogen (secondary N) is 1. The van der Waals surface area contributed by atoms with Crippen LogP contribution >= 0.6 is 11.6 Å². The van der Waals surface area contributed by atoms with Crippen LogP contribution in [0.25, 0.3) is 16.8 Å². The Hall–Kier alpha value is -3.52. The van der Waals surface area contributed by atoms with E-state index in [1.165, 1.54) is 24.3 Å². The van der Waals surface area contributed by atoms with Gasteiger partial charge in [-0.3, -0.25) is 4.79 Å². The average Bonchev–Trinajstić information content (AvgIpc) is 3.29. The molecule has 9 heteroatoms. The van der Waals surface area contributed by atoms with Crippen LogP contribution < -0.4 is 10.2 Å². The van der Waals surface area contributed by atoms with Gasteiger partial charge in [-0.25, -0.2) is 18.3 Å². The zero-order valence-corrected chi connectivity index (χ0v) is 19.0. The van der Waals surface area contributed by atoms with Crippen molar-refractivity contribution < 1.29 is 13.6 Å². The minimum absolute atomic E-state index is 0.0192. The number of aromatic nitrogens is 3. The molecule has 0 radical (unpaired) electrons. The van der Waals surface area contributed by atoms with Gasteiger partial charge in [0.25, 0.3) is 0 Å². The predicted octanol–water partition coefficient (Wildman–Crippen LogP) is 4.86. The fourth-order valence-electron chi connectivity index (χ4n) is 4.25. The number of nitrogens with zero attached hydrogens (tertiary/aromatic N) is 4. The summed E-state index contributed by atoms with van der Waals surface area (Å²) < 4.78 is 28.4. The van der Waals surface area contributed by atoms with Crippen molar-refractivity contribution in [2.75, 3.05) is 18.0 Å². The highest BCUT2D eigenvalue weighted by Crippen LogP contribution is 2.28. The summed E-state index contributed by atoms with van der Waals surface area (Å²) in [5.41, 5.74) is 3.18. The van der Waals surface area contributed by atoms with Gasteiger partial charge in [-0.2, -0.15) is 5.10 Å². The van der Waals surface area contributed by atoms with Crippen LogP contribution in [0.3, 0.4) is 0 Å². The van der Waals surface area contributed by atoms with Crippen LogP contribution in [0.15, 0.2) is 60.9 Å². The number of hydrogen-bond acceptors (Lipinski definition) is 4. The van der Waals surface area contributed by atoms with Gasteiger partial charge in [-0.1, -0.05) is 17.7 Å². The molecule has 1 N–H and O–H groups in total. The SMILES string of the molecule is O=C(NCc1ccc(F)c(Cl)c1)C1CCN(c2nccn3nc(-c4ccc(F)cc4)cc23)CC1. The summed E-state index contributed by atoms with van der Waals surface area (Å²) in [6.45, 7) is 1.68. The topological polar surface area (TPSA) is 62.5 Å². The van der Waals surface area contributed by atoms with Crippen molar-refractivity contribution in [1.29, 1.82) is 0 Å². The van der Waals surface area contributed by atoms with Gasteiger partial charge in [0.2, 0.25) is 5.91 Å². The lowest BCUT2D eigenvalue weighted by Gasteiger charge is -2.32. The lowest BCUT2D eigenvalue weighted by Crippen LogP contribution is -2.40. The van der Waals surface area contributed by atoms with Crippen LogP contribution in [0.2, 0.25) is 5.02 Å². The zero-order chi connectivity index (χ0) is 23.7. The first-order chi connectivity index (χ1) is 16.5. The highest BCUT2D eigenvalue weighted by atomic mass is 35.5. The fourth-order valence-corrected chi connectivity index (χ4v) is 4.45. The lowest BCUT2D eigenvalue weighted by molar-refractivity contribution is -0.125. The molecule has 0 saturated carbocycles. The van der Waals surface area contributed by atoms with Crippen molar-refractivity contribution in [1.82, 2.24) is 19.9 Å². The maximum absolute atomic E-state index is 13.3. The first-order valence-corrected chi connectivity index (χ1v) is 11.4. The van der Waals surface area contributed by atoms with E-state index >= 15 is 0 Å². The Labute approximate surface area is 200 Å². The molecule has 0 unspecified atom stereocenters. The normalized spacial score (nSPS) is 14.5. The second-order valence-electron chi connectivity index (χ2n) is 8.34. The van der Waals surface area contributed by atoms with E-state index in [0.717, 1.165) is 28.2 Å². The molecule has 6 nitrogen and oxygen atoms in total. The molecule has 1 saturated heterocycles. The van der Waals surface area contributed by atoms with Gasteiger partial charge in [0.15, 0.2) is 5.82 Å². The molecule has 1 fully saturated rings. The van der Waals surface area contributed by atoms with Crippen molar-refractivity contribution in [2.24, 2.45) is 5.92 Å². The number of halogens is 3. The number of carbonyl (C=O) groups excluding carboxylic acids is 1. The first-order valence-electron chi connectivity index (χ1n) is 11.0. The maximum Gasteiger partial charge on any atom is 0.223 e.